The molecule has 2 unspecified atom stereocenters. The number of halogens is 1. The van der Waals surface area contributed by atoms with Gasteiger partial charge in [0.05, 0.1) is 12.7 Å². The lowest BCUT2D eigenvalue weighted by molar-refractivity contribution is -0.146. The quantitative estimate of drug-likeness (QED) is 0.511. The lowest BCUT2D eigenvalue weighted by atomic mass is 10.0. The summed E-state index contributed by atoms with van der Waals surface area (Å²) < 4.78 is 29.4. The van der Waals surface area contributed by atoms with Gasteiger partial charge in [0, 0.05) is 19.6 Å². The summed E-state index contributed by atoms with van der Waals surface area (Å²) in [6.07, 6.45) is -0.0300. The van der Waals surface area contributed by atoms with Gasteiger partial charge in [-0.2, -0.15) is 0 Å². The number of methoxy groups -OCH3 is 1. The van der Waals surface area contributed by atoms with E-state index in [0.717, 1.165) is 13.0 Å². The highest BCUT2D eigenvalue weighted by molar-refractivity contribution is 6.00. The highest BCUT2D eigenvalue weighted by Crippen LogP contribution is 2.21. The molecule has 2 N–H and O–H groups in total. The van der Waals surface area contributed by atoms with E-state index in [1.807, 2.05) is 0 Å². The van der Waals surface area contributed by atoms with E-state index in [0.29, 0.717) is 24.6 Å². The van der Waals surface area contributed by atoms with Crippen LogP contribution < -0.4 is 14.8 Å². The maximum Gasteiger partial charge on any atom is 0.330 e. The number of nitrogens with one attached hydrogen (secondary N) is 1. The lowest BCUT2D eigenvalue weighted by Gasteiger charge is -2.24. The fourth-order valence-corrected chi connectivity index (χ4v) is 3.74. The minimum atomic E-state index is -1.21. The number of esters is 1. The molecule has 1 amide bonds. The summed E-state index contributed by atoms with van der Waals surface area (Å²) in [6, 6.07) is 12.5. The number of hydrogen-bond donors (Lipinski definition) is 2. The molecular weight excluding hydrogens is 443 g/mol. The Morgan fingerprint density at radius 2 is 1.91 bits per heavy atom. The van der Waals surface area contributed by atoms with E-state index in [1.54, 1.807) is 50.2 Å². The van der Waals surface area contributed by atoms with Gasteiger partial charge in [-0.25, -0.2) is 9.18 Å². The molecule has 0 aliphatic carbocycles. The summed E-state index contributed by atoms with van der Waals surface area (Å²) in [5, 5.41) is 13.1. The number of amides is 1. The zero-order chi connectivity index (χ0) is 24.7. The number of hydrogen-bond acceptors (Lipinski definition) is 7. The van der Waals surface area contributed by atoms with Gasteiger partial charge in [0.25, 0.3) is 5.91 Å². The van der Waals surface area contributed by atoms with Crippen molar-refractivity contribution in [1.82, 2.24) is 10.2 Å². The first kappa shape index (κ1) is 25.5. The highest BCUT2D eigenvalue weighted by Gasteiger charge is 2.32. The number of carbonyl (C=O) groups excluding carboxylic acids is 2. The Labute approximate surface area is 198 Å². The van der Waals surface area contributed by atoms with Gasteiger partial charge in [0.1, 0.15) is 41.7 Å². The van der Waals surface area contributed by atoms with E-state index in [4.69, 9.17) is 14.2 Å². The first-order valence-corrected chi connectivity index (χ1v) is 11.1. The summed E-state index contributed by atoms with van der Waals surface area (Å²) in [5.41, 5.74) is -0.957. The number of likely N-dealkylation sites (tertiary alicyclic amines) is 1. The number of β-amino-alcohol motifs (C(OH)–C–C–N with tert-alkyl or cyclic N) is 1. The van der Waals surface area contributed by atoms with Crippen molar-refractivity contribution in [3.63, 3.8) is 0 Å². The molecule has 1 heterocycles. The average molecular weight is 475 g/mol. The van der Waals surface area contributed by atoms with E-state index in [2.05, 4.69) is 10.2 Å². The molecular formula is C25H31FN2O6. The molecule has 2 atom stereocenters. The SMILES string of the molecule is COC(=O)C(C)(C)NC(=O)c1ccccc1OCC(O)CN1CCC(Oc2ccc(F)cc2)C1. The number of carbonyl (C=O) groups is 2. The Morgan fingerprint density at radius 1 is 1.21 bits per heavy atom. The van der Waals surface area contributed by atoms with Gasteiger partial charge in [-0.3, -0.25) is 9.69 Å². The molecule has 0 spiro atoms. The topological polar surface area (TPSA) is 97.3 Å². The molecule has 34 heavy (non-hydrogen) atoms. The third-order valence-electron chi connectivity index (χ3n) is 5.50. The standard InChI is InChI=1S/C25H31FN2O6/c1-25(2,24(31)32-3)27-23(30)21-6-4-5-7-22(21)33-16-18(29)14-28-13-12-20(15-28)34-19-10-8-17(26)9-11-19/h4-11,18,20,29H,12-16H2,1-3H3,(H,27,30). The Kier molecular flexibility index (Phi) is 8.46. The molecule has 0 saturated carbocycles. The average Bonchev–Trinajstić information content (AvgIpc) is 3.25. The van der Waals surface area contributed by atoms with Crippen LogP contribution in [0, 0.1) is 5.82 Å². The maximum atomic E-state index is 13.0. The number of rotatable bonds is 10. The minimum absolute atomic E-state index is 0.00925. The van der Waals surface area contributed by atoms with Gasteiger partial charge in [0.15, 0.2) is 0 Å². The van der Waals surface area contributed by atoms with Crippen molar-refractivity contribution < 1.29 is 33.3 Å². The second-order valence-corrected chi connectivity index (χ2v) is 8.77. The van der Waals surface area contributed by atoms with Gasteiger partial charge in [-0.15, -0.1) is 0 Å². The first-order chi connectivity index (χ1) is 16.2. The van der Waals surface area contributed by atoms with Crippen molar-refractivity contribution in [3.8, 4) is 11.5 Å². The van der Waals surface area contributed by atoms with Crippen molar-refractivity contribution in [2.45, 2.75) is 38.0 Å². The third-order valence-corrected chi connectivity index (χ3v) is 5.50. The van der Waals surface area contributed by atoms with Crippen LogP contribution in [0.2, 0.25) is 0 Å². The number of ether oxygens (including phenoxy) is 3. The predicted octanol–water partition coefficient (Wildman–Crippen LogP) is 2.40. The largest absolute Gasteiger partial charge is 0.490 e. The first-order valence-electron chi connectivity index (χ1n) is 11.1. The number of benzene rings is 2. The van der Waals surface area contributed by atoms with Crippen LogP contribution in [0.15, 0.2) is 48.5 Å². The molecule has 1 fully saturated rings. The van der Waals surface area contributed by atoms with Crippen LogP contribution in [-0.4, -0.2) is 73.0 Å². The molecule has 2 aromatic rings. The number of nitrogens with zero attached hydrogens (tertiary/aromatic N) is 1. The smallest absolute Gasteiger partial charge is 0.330 e. The third kappa shape index (κ3) is 6.91. The van der Waals surface area contributed by atoms with Crippen molar-refractivity contribution in [1.29, 1.82) is 0 Å². The minimum Gasteiger partial charge on any atom is -0.490 e. The van der Waals surface area contributed by atoms with Crippen LogP contribution >= 0.6 is 0 Å². The van der Waals surface area contributed by atoms with E-state index in [-0.39, 0.29) is 24.1 Å². The van der Waals surface area contributed by atoms with Crippen LogP contribution in [-0.2, 0) is 9.53 Å². The summed E-state index contributed by atoms with van der Waals surface area (Å²) in [5.74, 6) is -0.446. The van der Waals surface area contributed by atoms with Crippen LogP contribution in [0.5, 0.6) is 11.5 Å². The molecule has 1 aliphatic rings. The Balaban J connectivity index is 1.49. The summed E-state index contributed by atoms with van der Waals surface area (Å²) in [6.45, 7) is 4.86. The van der Waals surface area contributed by atoms with Crippen molar-refractivity contribution in [2.75, 3.05) is 33.4 Å². The zero-order valence-electron chi connectivity index (χ0n) is 19.6. The number of aliphatic hydroxyl groups is 1. The summed E-state index contributed by atoms with van der Waals surface area (Å²) in [7, 11) is 1.26. The second kappa shape index (κ2) is 11.3. The molecule has 0 bridgehead atoms. The maximum absolute atomic E-state index is 13.0. The van der Waals surface area contributed by atoms with Crippen LogP contribution in [0.4, 0.5) is 4.39 Å². The van der Waals surface area contributed by atoms with Gasteiger partial charge in [0.2, 0.25) is 0 Å². The van der Waals surface area contributed by atoms with Crippen LogP contribution in [0.3, 0.4) is 0 Å². The highest BCUT2D eigenvalue weighted by atomic mass is 19.1. The Bertz CT molecular complexity index is 982. The van der Waals surface area contributed by atoms with Crippen LogP contribution in [0.1, 0.15) is 30.6 Å². The van der Waals surface area contributed by atoms with E-state index >= 15 is 0 Å². The molecule has 1 saturated heterocycles. The van der Waals surface area contributed by atoms with Crippen molar-refractivity contribution in [2.24, 2.45) is 0 Å². The normalized spacial score (nSPS) is 17.1. The molecule has 9 heteroatoms. The molecule has 3 rings (SSSR count). The fourth-order valence-electron chi connectivity index (χ4n) is 3.74. The second-order valence-electron chi connectivity index (χ2n) is 8.77. The fraction of sp³-hybridized carbons (Fsp3) is 0.440. The van der Waals surface area contributed by atoms with Crippen LogP contribution in [0.25, 0.3) is 0 Å². The molecule has 184 valence electrons. The molecule has 0 radical (unpaired) electrons. The molecule has 1 aliphatic heterocycles. The van der Waals surface area contributed by atoms with E-state index in [1.165, 1.54) is 19.2 Å². The molecule has 2 aromatic carbocycles. The van der Waals surface area contributed by atoms with Crippen molar-refractivity contribution in [3.05, 3.63) is 59.9 Å². The zero-order valence-corrected chi connectivity index (χ0v) is 19.6. The van der Waals surface area contributed by atoms with Gasteiger partial charge >= 0.3 is 5.97 Å². The van der Waals surface area contributed by atoms with E-state index < -0.39 is 23.5 Å². The van der Waals surface area contributed by atoms with Crippen molar-refractivity contribution >= 4 is 11.9 Å². The Morgan fingerprint density at radius 3 is 2.62 bits per heavy atom. The monoisotopic (exact) mass is 474 g/mol. The van der Waals surface area contributed by atoms with Gasteiger partial charge in [-0.1, -0.05) is 12.1 Å². The van der Waals surface area contributed by atoms with E-state index in [9.17, 15) is 19.1 Å². The molecule has 8 nitrogen and oxygen atoms in total. The Hall–Kier alpha value is -3.17. The number of para-hydroxylation sites is 1. The van der Waals surface area contributed by atoms with Gasteiger partial charge < -0.3 is 24.6 Å². The number of aliphatic hydroxyl groups excluding tert-OH is 1. The van der Waals surface area contributed by atoms with Gasteiger partial charge in [-0.05, 0) is 56.7 Å². The molecule has 0 aromatic heterocycles. The summed E-state index contributed by atoms with van der Waals surface area (Å²) >= 11 is 0. The predicted molar refractivity (Wildman–Crippen MR) is 123 cm³/mol. The lowest BCUT2D eigenvalue weighted by Crippen LogP contribution is -2.50. The summed E-state index contributed by atoms with van der Waals surface area (Å²) in [4.78, 5) is 26.7.